The maximum absolute atomic E-state index is 13.6. The highest BCUT2D eigenvalue weighted by Gasteiger charge is 2.22. The van der Waals surface area contributed by atoms with Crippen molar-refractivity contribution in [3.05, 3.63) is 100 Å². The number of rotatable bonds is 9. The Morgan fingerprint density at radius 3 is 2.51 bits per heavy atom. The summed E-state index contributed by atoms with van der Waals surface area (Å²) in [5.74, 6) is 0.357. The number of sulfonamides is 1. The molecule has 0 radical (unpaired) electrons. The van der Waals surface area contributed by atoms with Crippen molar-refractivity contribution < 1.29 is 17.9 Å². The number of amides is 1. The summed E-state index contributed by atoms with van der Waals surface area (Å²) in [5, 5.41) is 2.02. The van der Waals surface area contributed by atoms with E-state index < -0.39 is 15.7 Å². The average molecular weight is 545 g/mol. The van der Waals surface area contributed by atoms with E-state index in [1.165, 1.54) is 18.2 Å². The van der Waals surface area contributed by atoms with Gasteiger partial charge in [-0.05, 0) is 53.6 Å². The summed E-state index contributed by atoms with van der Waals surface area (Å²) in [4.78, 5) is 31.9. The van der Waals surface area contributed by atoms with E-state index in [9.17, 15) is 18.0 Å². The second-order valence-electron chi connectivity index (χ2n) is 9.21. The van der Waals surface area contributed by atoms with Gasteiger partial charge >= 0.3 is 5.69 Å². The fourth-order valence-corrected chi connectivity index (χ4v) is 5.59. The standard InChI is InChI=1S/C29H28N4O5S/c1-3-16-38-27-15-12-19-8-4-5-9-21(19)23(27)18-33(2)28(34)22-10-6-7-11-24(22)32-39(36,37)20-13-14-25-26(17-20)31-29(35)30-25/h4-15,17,32H,3,16,18H2,1-2H3,(H2,30,31,35). The monoisotopic (exact) mass is 544 g/mol. The Kier molecular flexibility index (Phi) is 7.12. The molecule has 5 rings (SSSR count). The molecule has 1 heterocycles. The molecule has 10 heteroatoms. The topological polar surface area (TPSA) is 124 Å². The first-order valence-corrected chi connectivity index (χ1v) is 14.0. The molecule has 9 nitrogen and oxygen atoms in total. The van der Waals surface area contributed by atoms with Gasteiger partial charge in [-0.2, -0.15) is 0 Å². The Morgan fingerprint density at radius 1 is 0.949 bits per heavy atom. The van der Waals surface area contributed by atoms with Gasteiger partial charge in [0.1, 0.15) is 5.75 Å². The molecule has 0 bridgehead atoms. The van der Waals surface area contributed by atoms with E-state index >= 15 is 0 Å². The molecule has 1 amide bonds. The third kappa shape index (κ3) is 5.37. The van der Waals surface area contributed by atoms with Gasteiger partial charge in [0.15, 0.2) is 0 Å². The van der Waals surface area contributed by atoms with Gasteiger partial charge in [0.05, 0.1) is 33.8 Å². The lowest BCUT2D eigenvalue weighted by Gasteiger charge is -2.22. The predicted octanol–water partition coefficient (Wildman–Crippen LogP) is 4.87. The number of para-hydroxylation sites is 1. The number of ether oxygens (including phenoxy) is 1. The van der Waals surface area contributed by atoms with Crippen molar-refractivity contribution in [3.8, 4) is 5.75 Å². The van der Waals surface area contributed by atoms with Crippen LogP contribution in [0.15, 0.2) is 88.6 Å². The molecule has 0 spiro atoms. The van der Waals surface area contributed by atoms with Crippen molar-refractivity contribution >= 4 is 43.4 Å². The summed E-state index contributed by atoms with van der Waals surface area (Å²) in [6, 6.07) is 22.6. The number of nitrogens with zero attached hydrogens (tertiary/aromatic N) is 1. The maximum Gasteiger partial charge on any atom is 0.323 e. The van der Waals surface area contributed by atoms with Crippen molar-refractivity contribution in [2.24, 2.45) is 0 Å². The predicted molar refractivity (Wildman–Crippen MR) is 152 cm³/mol. The number of imidazole rings is 1. The second kappa shape index (κ2) is 10.7. The summed E-state index contributed by atoms with van der Waals surface area (Å²) >= 11 is 0. The van der Waals surface area contributed by atoms with Crippen LogP contribution in [0.3, 0.4) is 0 Å². The minimum Gasteiger partial charge on any atom is -0.493 e. The van der Waals surface area contributed by atoms with Crippen LogP contribution in [0.1, 0.15) is 29.3 Å². The highest BCUT2D eigenvalue weighted by atomic mass is 32.2. The molecule has 0 aliphatic rings. The van der Waals surface area contributed by atoms with Crippen LogP contribution in [0.4, 0.5) is 5.69 Å². The number of hydrogen-bond acceptors (Lipinski definition) is 5. The van der Waals surface area contributed by atoms with Crippen molar-refractivity contribution in [3.63, 3.8) is 0 Å². The molecule has 0 saturated heterocycles. The molecule has 0 unspecified atom stereocenters. The largest absolute Gasteiger partial charge is 0.493 e. The van der Waals surface area contributed by atoms with Gasteiger partial charge in [0, 0.05) is 19.2 Å². The SMILES string of the molecule is CCCOc1ccc2ccccc2c1CN(C)C(=O)c1ccccc1NS(=O)(=O)c1ccc2[nH]c(=O)[nH]c2c1. The highest BCUT2D eigenvalue weighted by Crippen LogP contribution is 2.30. The number of aromatic nitrogens is 2. The van der Waals surface area contributed by atoms with E-state index in [0.29, 0.717) is 23.4 Å². The third-order valence-electron chi connectivity index (χ3n) is 6.40. The number of aromatic amines is 2. The first kappa shape index (κ1) is 26.1. The van der Waals surface area contributed by atoms with Gasteiger partial charge < -0.3 is 19.6 Å². The number of carbonyl (C=O) groups excluding carboxylic acids is 1. The molecule has 1 aromatic heterocycles. The van der Waals surface area contributed by atoms with Gasteiger partial charge in [-0.25, -0.2) is 13.2 Å². The lowest BCUT2D eigenvalue weighted by Crippen LogP contribution is -2.28. The normalized spacial score (nSPS) is 11.5. The Hall–Kier alpha value is -4.57. The molecule has 0 saturated carbocycles. The van der Waals surface area contributed by atoms with Crippen LogP contribution in [0.25, 0.3) is 21.8 Å². The number of H-pyrrole nitrogens is 2. The number of carbonyl (C=O) groups is 1. The van der Waals surface area contributed by atoms with Crippen molar-refractivity contribution in [1.82, 2.24) is 14.9 Å². The molecule has 39 heavy (non-hydrogen) atoms. The summed E-state index contributed by atoms with van der Waals surface area (Å²) in [6.45, 7) is 2.85. The van der Waals surface area contributed by atoms with E-state index in [1.54, 1.807) is 36.2 Å². The lowest BCUT2D eigenvalue weighted by molar-refractivity contribution is 0.0785. The van der Waals surface area contributed by atoms with E-state index in [0.717, 1.165) is 22.8 Å². The molecular weight excluding hydrogens is 516 g/mol. The molecular formula is C29H28N4O5S. The first-order valence-electron chi connectivity index (χ1n) is 12.5. The van der Waals surface area contributed by atoms with Crippen LogP contribution < -0.4 is 15.1 Å². The highest BCUT2D eigenvalue weighted by molar-refractivity contribution is 7.92. The van der Waals surface area contributed by atoms with E-state index in [4.69, 9.17) is 4.74 Å². The summed E-state index contributed by atoms with van der Waals surface area (Å²) in [5.41, 5.74) is 1.66. The molecule has 5 aromatic rings. The number of benzene rings is 4. The van der Waals surface area contributed by atoms with Gasteiger partial charge in [-0.15, -0.1) is 0 Å². The van der Waals surface area contributed by atoms with Crippen molar-refractivity contribution in [2.45, 2.75) is 24.8 Å². The smallest absolute Gasteiger partial charge is 0.323 e. The van der Waals surface area contributed by atoms with Crippen LogP contribution in [0.2, 0.25) is 0 Å². The van der Waals surface area contributed by atoms with E-state index in [1.807, 2.05) is 43.3 Å². The lowest BCUT2D eigenvalue weighted by atomic mass is 10.0. The van der Waals surface area contributed by atoms with E-state index in [-0.39, 0.29) is 28.6 Å². The average Bonchev–Trinajstić information content (AvgIpc) is 3.31. The second-order valence-corrected chi connectivity index (χ2v) is 10.9. The van der Waals surface area contributed by atoms with Crippen LogP contribution in [0, 0.1) is 0 Å². The zero-order valence-electron chi connectivity index (χ0n) is 21.5. The Labute approximate surface area is 225 Å². The van der Waals surface area contributed by atoms with Gasteiger partial charge in [-0.3, -0.25) is 9.52 Å². The third-order valence-corrected chi connectivity index (χ3v) is 7.76. The number of fused-ring (bicyclic) bond motifs is 2. The van der Waals surface area contributed by atoms with Crippen molar-refractivity contribution in [2.75, 3.05) is 18.4 Å². The number of anilines is 1. The van der Waals surface area contributed by atoms with Crippen molar-refractivity contribution in [1.29, 1.82) is 0 Å². The maximum atomic E-state index is 13.6. The molecule has 0 atom stereocenters. The quantitative estimate of drug-likeness (QED) is 0.244. The molecule has 200 valence electrons. The van der Waals surface area contributed by atoms with Gasteiger partial charge in [0.25, 0.3) is 15.9 Å². The summed E-state index contributed by atoms with van der Waals surface area (Å²) in [6.07, 6.45) is 0.849. The van der Waals surface area contributed by atoms with Crippen LogP contribution in [-0.4, -0.2) is 42.8 Å². The zero-order chi connectivity index (χ0) is 27.6. The zero-order valence-corrected chi connectivity index (χ0v) is 22.3. The van der Waals surface area contributed by atoms with Crippen LogP contribution >= 0.6 is 0 Å². The van der Waals surface area contributed by atoms with Gasteiger partial charge in [-0.1, -0.05) is 49.4 Å². The minimum atomic E-state index is -4.06. The number of hydrogen-bond donors (Lipinski definition) is 3. The molecule has 4 aromatic carbocycles. The molecule has 3 N–H and O–H groups in total. The minimum absolute atomic E-state index is 0.0469. The Morgan fingerprint density at radius 2 is 1.69 bits per heavy atom. The Bertz CT molecular complexity index is 1840. The molecule has 0 fully saturated rings. The first-order chi connectivity index (χ1) is 18.8. The fraction of sp³-hybridized carbons (Fsp3) is 0.172. The Balaban J connectivity index is 1.44. The summed E-state index contributed by atoms with van der Waals surface area (Å²) < 4.78 is 35.0. The summed E-state index contributed by atoms with van der Waals surface area (Å²) in [7, 11) is -2.38. The fourth-order valence-electron chi connectivity index (χ4n) is 4.48. The molecule has 0 aliphatic heterocycles. The molecule has 0 aliphatic carbocycles. The van der Waals surface area contributed by atoms with E-state index in [2.05, 4.69) is 14.7 Å². The van der Waals surface area contributed by atoms with Gasteiger partial charge in [0.2, 0.25) is 0 Å². The van der Waals surface area contributed by atoms with Crippen LogP contribution in [-0.2, 0) is 16.6 Å². The van der Waals surface area contributed by atoms with Crippen LogP contribution in [0.5, 0.6) is 5.75 Å². The number of nitrogens with one attached hydrogen (secondary N) is 3.